The van der Waals surface area contributed by atoms with Crippen LogP contribution in [0.5, 0.6) is 0 Å². The van der Waals surface area contributed by atoms with Crippen LogP contribution in [-0.2, 0) is 20.3 Å². The molecule has 0 unspecified atom stereocenters. The van der Waals surface area contributed by atoms with E-state index in [1.54, 1.807) is 25.1 Å². The van der Waals surface area contributed by atoms with Gasteiger partial charge in [0.25, 0.3) is 5.91 Å². The molecular formula is C19H20N2O5S. The second-order valence-electron chi connectivity index (χ2n) is 5.61. The third-order valence-electron chi connectivity index (χ3n) is 3.70. The lowest BCUT2D eigenvalue weighted by molar-refractivity contribution is -0.123. The summed E-state index contributed by atoms with van der Waals surface area (Å²) in [4.78, 5) is 36.0. The Hall–Kier alpha value is -3.00. The molecule has 27 heavy (non-hydrogen) atoms. The zero-order valence-corrected chi connectivity index (χ0v) is 15.7. The molecule has 142 valence electrons. The molecule has 0 aliphatic rings. The summed E-state index contributed by atoms with van der Waals surface area (Å²) in [7, 11) is -1.32. The molecule has 0 bridgehead atoms. The first-order valence-electron chi connectivity index (χ1n) is 8.22. The number of carbonyl (C=O) groups excluding carboxylic acids is 3. The molecule has 0 radical (unpaired) electrons. The molecule has 0 aromatic heterocycles. The number of anilines is 1. The Morgan fingerprint density at radius 3 is 2.33 bits per heavy atom. The first-order chi connectivity index (χ1) is 12.8. The average Bonchev–Trinajstić information content (AvgIpc) is 2.67. The third-order valence-corrected chi connectivity index (χ3v) is 5.08. The largest absolute Gasteiger partial charge is 0.449 e. The number of amides is 2. The number of carbonyl (C=O) groups is 3. The summed E-state index contributed by atoms with van der Waals surface area (Å²) in [5.41, 5.74) is 6.07. The molecule has 8 heteroatoms. The molecule has 2 atom stereocenters. The predicted molar refractivity (Wildman–Crippen MR) is 102 cm³/mol. The molecule has 0 spiro atoms. The number of nitrogens with one attached hydrogen (secondary N) is 1. The van der Waals surface area contributed by atoms with Gasteiger partial charge in [-0.2, -0.15) is 0 Å². The van der Waals surface area contributed by atoms with Crippen molar-refractivity contribution in [2.24, 2.45) is 5.73 Å². The van der Waals surface area contributed by atoms with Crippen molar-refractivity contribution in [3.05, 3.63) is 59.7 Å². The van der Waals surface area contributed by atoms with Gasteiger partial charge in [-0.3, -0.25) is 13.8 Å². The Morgan fingerprint density at radius 1 is 1.11 bits per heavy atom. The van der Waals surface area contributed by atoms with Gasteiger partial charge in [0.2, 0.25) is 5.91 Å². The molecule has 0 saturated carbocycles. The van der Waals surface area contributed by atoms with Crippen LogP contribution in [0.15, 0.2) is 53.4 Å². The molecule has 2 amide bonds. The van der Waals surface area contributed by atoms with Gasteiger partial charge in [0.1, 0.15) is 0 Å². The van der Waals surface area contributed by atoms with Crippen LogP contribution >= 0.6 is 0 Å². The number of esters is 1. The molecule has 0 aliphatic heterocycles. The maximum Gasteiger partial charge on any atom is 0.340 e. The molecule has 2 aromatic rings. The van der Waals surface area contributed by atoms with Crippen molar-refractivity contribution in [1.82, 2.24) is 0 Å². The van der Waals surface area contributed by atoms with Crippen LogP contribution in [0.25, 0.3) is 0 Å². The number of nitrogens with two attached hydrogens (primary N) is 1. The van der Waals surface area contributed by atoms with Crippen LogP contribution in [0.1, 0.15) is 34.6 Å². The molecule has 0 heterocycles. The van der Waals surface area contributed by atoms with Gasteiger partial charge in [0, 0.05) is 17.0 Å². The number of ether oxygens (including phenoxy) is 1. The van der Waals surface area contributed by atoms with E-state index in [0.717, 1.165) is 0 Å². The first kappa shape index (κ1) is 20.3. The van der Waals surface area contributed by atoms with Crippen molar-refractivity contribution in [2.45, 2.75) is 24.8 Å². The van der Waals surface area contributed by atoms with Gasteiger partial charge in [-0.25, -0.2) is 4.79 Å². The molecular weight excluding hydrogens is 368 g/mol. The standard InChI is InChI=1S/C19H20N2O5S/c1-3-27(25)16-7-5-4-6-15(16)19(24)26-12(2)18(23)21-14-10-8-13(9-11-14)17(20)22/h4-12H,3H2,1-2H3,(H2,20,22)(H,21,23)/t12-,27-/m1/s1. The maximum atomic E-state index is 12.4. The molecule has 7 nitrogen and oxygen atoms in total. The Bertz CT molecular complexity index is 880. The lowest BCUT2D eigenvalue weighted by atomic mass is 10.2. The first-order valence-corrected chi connectivity index (χ1v) is 9.54. The molecule has 0 aliphatic carbocycles. The van der Waals surface area contributed by atoms with Crippen molar-refractivity contribution >= 4 is 34.3 Å². The monoisotopic (exact) mass is 388 g/mol. The van der Waals surface area contributed by atoms with E-state index in [9.17, 15) is 18.6 Å². The van der Waals surface area contributed by atoms with Gasteiger partial charge in [0.05, 0.1) is 21.3 Å². The van der Waals surface area contributed by atoms with E-state index in [1.807, 2.05) is 0 Å². The van der Waals surface area contributed by atoms with Crippen LogP contribution in [-0.4, -0.2) is 33.8 Å². The van der Waals surface area contributed by atoms with E-state index >= 15 is 0 Å². The Labute approximate surface area is 159 Å². The molecule has 0 fully saturated rings. The van der Waals surface area contributed by atoms with Crippen LogP contribution in [0.4, 0.5) is 5.69 Å². The molecule has 2 aromatic carbocycles. The Morgan fingerprint density at radius 2 is 1.74 bits per heavy atom. The van der Waals surface area contributed by atoms with Crippen LogP contribution in [0, 0.1) is 0 Å². The maximum absolute atomic E-state index is 12.4. The lowest BCUT2D eigenvalue weighted by Crippen LogP contribution is -2.30. The third kappa shape index (κ3) is 5.24. The molecule has 2 rings (SSSR count). The minimum atomic E-state index is -1.32. The summed E-state index contributed by atoms with van der Waals surface area (Å²) in [6.45, 7) is 3.18. The van der Waals surface area contributed by atoms with E-state index in [4.69, 9.17) is 10.5 Å². The number of primary amides is 1. The van der Waals surface area contributed by atoms with Crippen molar-refractivity contribution in [3.8, 4) is 0 Å². The van der Waals surface area contributed by atoms with Gasteiger partial charge >= 0.3 is 5.97 Å². The summed E-state index contributed by atoms with van der Waals surface area (Å²) in [5, 5.41) is 2.58. The van der Waals surface area contributed by atoms with Gasteiger partial charge in [-0.05, 0) is 43.3 Å². The topological polar surface area (TPSA) is 116 Å². The normalized spacial score (nSPS) is 12.7. The fraction of sp³-hybridized carbons (Fsp3) is 0.211. The summed E-state index contributed by atoms with van der Waals surface area (Å²) >= 11 is 0. The smallest absolute Gasteiger partial charge is 0.340 e. The number of benzene rings is 2. The minimum Gasteiger partial charge on any atom is -0.449 e. The van der Waals surface area contributed by atoms with Gasteiger partial charge in [-0.15, -0.1) is 0 Å². The number of rotatable bonds is 7. The summed E-state index contributed by atoms with van der Waals surface area (Å²) in [5.74, 6) is -1.47. The number of hydrogen-bond acceptors (Lipinski definition) is 5. The highest BCUT2D eigenvalue weighted by Gasteiger charge is 2.22. The summed E-state index contributed by atoms with van der Waals surface area (Å²) in [6.07, 6.45) is -1.07. The van der Waals surface area contributed by atoms with E-state index < -0.39 is 34.7 Å². The van der Waals surface area contributed by atoms with E-state index in [-0.39, 0.29) is 5.56 Å². The molecule has 3 N–H and O–H groups in total. The Kier molecular flexibility index (Phi) is 6.84. The van der Waals surface area contributed by atoms with Gasteiger partial charge in [0.15, 0.2) is 6.10 Å². The van der Waals surface area contributed by atoms with Crippen molar-refractivity contribution in [2.75, 3.05) is 11.1 Å². The van der Waals surface area contributed by atoms with Crippen LogP contribution in [0.2, 0.25) is 0 Å². The second-order valence-corrected chi connectivity index (χ2v) is 7.32. The summed E-state index contributed by atoms with van der Waals surface area (Å²) in [6, 6.07) is 12.4. The van der Waals surface area contributed by atoms with Crippen molar-refractivity contribution in [1.29, 1.82) is 0 Å². The highest BCUT2D eigenvalue weighted by atomic mass is 32.2. The fourth-order valence-electron chi connectivity index (χ4n) is 2.23. The highest BCUT2D eigenvalue weighted by molar-refractivity contribution is 7.85. The van der Waals surface area contributed by atoms with Crippen molar-refractivity contribution < 1.29 is 23.3 Å². The second kappa shape index (κ2) is 9.09. The van der Waals surface area contributed by atoms with Gasteiger partial charge < -0.3 is 15.8 Å². The minimum absolute atomic E-state index is 0.170. The van der Waals surface area contributed by atoms with E-state index in [2.05, 4.69) is 5.32 Å². The fourth-order valence-corrected chi connectivity index (χ4v) is 3.17. The van der Waals surface area contributed by atoms with Crippen LogP contribution in [0.3, 0.4) is 0 Å². The highest BCUT2D eigenvalue weighted by Crippen LogP contribution is 2.16. The zero-order chi connectivity index (χ0) is 20.0. The van der Waals surface area contributed by atoms with Gasteiger partial charge in [-0.1, -0.05) is 19.1 Å². The predicted octanol–water partition coefficient (Wildman–Crippen LogP) is 2.10. The van der Waals surface area contributed by atoms with E-state index in [0.29, 0.717) is 21.9 Å². The van der Waals surface area contributed by atoms with E-state index in [1.165, 1.54) is 37.3 Å². The average molecular weight is 388 g/mol. The van der Waals surface area contributed by atoms with Crippen molar-refractivity contribution in [3.63, 3.8) is 0 Å². The lowest BCUT2D eigenvalue weighted by Gasteiger charge is -2.15. The SMILES string of the molecule is CC[S@@](=O)c1ccccc1C(=O)O[C@H](C)C(=O)Nc1ccc(C(N)=O)cc1. The summed E-state index contributed by atoms with van der Waals surface area (Å²) < 4.78 is 17.3. The quantitative estimate of drug-likeness (QED) is 0.705. The molecule has 0 saturated heterocycles. The van der Waals surface area contributed by atoms with Crippen LogP contribution < -0.4 is 11.1 Å². The Balaban J connectivity index is 2.05. The zero-order valence-electron chi connectivity index (χ0n) is 14.9. The number of hydrogen-bond donors (Lipinski definition) is 2.